The number of hydrogen-bond donors (Lipinski definition) is 1. The molecule has 2 saturated heterocycles. The number of allylic oxidation sites excluding steroid dienone is 3. The largest absolute Gasteiger partial charge is 0.462 e. The zero-order valence-corrected chi connectivity index (χ0v) is 30.1. The minimum Gasteiger partial charge on any atom is -0.444 e. The molecular weight excluding hydrogens is 617 g/mol. The Bertz CT molecular complexity index is 1350. The molecular formula is C39H58BN3O6. The highest BCUT2D eigenvalue weighted by molar-refractivity contribution is 6.47. The second kappa shape index (κ2) is 15.2. The molecule has 0 aromatic carbocycles. The van der Waals surface area contributed by atoms with Crippen LogP contribution in [0.15, 0.2) is 48.6 Å². The molecule has 2 bridgehead atoms. The average Bonchev–Trinajstić information content (AvgIpc) is 3.81. The van der Waals surface area contributed by atoms with Crippen molar-refractivity contribution in [3.63, 3.8) is 0 Å². The lowest BCUT2D eigenvalue weighted by atomic mass is 9.43. The van der Waals surface area contributed by atoms with Gasteiger partial charge < -0.3 is 24.3 Å². The number of carbonyl (C=O) groups excluding carboxylic acids is 3. The van der Waals surface area contributed by atoms with Crippen molar-refractivity contribution in [2.45, 2.75) is 134 Å². The zero-order chi connectivity index (χ0) is 34.8. The number of likely N-dealkylation sites (tertiary alicyclic amines) is 1. The summed E-state index contributed by atoms with van der Waals surface area (Å²) in [5.41, 5.74) is 2.43. The molecule has 2 unspecified atom stereocenters. The minimum atomic E-state index is -0.707. The minimum absolute atomic E-state index is 0.00575. The van der Waals surface area contributed by atoms with Crippen LogP contribution in [-0.2, 0) is 23.6 Å². The van der Waals surface area contributed by atoms with Crippen LogP contribution < -0.4 is 5.32 Å². The highest BCUT2D eigenvalue weighted by atomic mass is 16.7. The van der Waals surface area contributed by atoms with Gasteiger partial charge in [0.15, 0.2) is 0 Å². The predicted molar refractivity (Wildman–Crippen MR) is 192 cm³/mol. The first-order chi connectivity index (χ1) is 23.5. The second-order valence-corrected chi connectivity index (χ2v) is 16.2. The summed E-state index contributed by atoms with van der Waals surface area (Å²) in [6, 6.07) is -0.707. The molecule has 4 aliphatic carbocycles. The Morgan fingerprint density at radius 2 is 1.88 bits per heavy atom. The third-order valence-corrected chi connectivity index (χ3v) is 12.7. The van der Waals surface area contributed by atoms with Crippen molar-refractivity contribution in [1.29, 1.82) is 0 Å². The molecule has 1 N–H and O–H groups in total. The zero-order valence-electron chi connectivity index (χ0n) is 30.1. The summed E-state index contributed by atoms with van der Waals surface area (Å²) in [6.45, 7) is 16.3. The predicted octanol–water partition coefficient (Wildman–Crippen LogP) is 6.76. The van der Waals surface area contributed by atoms with E-state index in [0.717, 1.165) is 57.8 Å². The van der Waals surface area contributed by atoms with Crippen molar-refractivity contribution < 1.29 is 28.4 Å². The molecule has 3 saturated carbocycles. The third-order valence-electron chi connectivity index (χ3n) is 12.7. The summed E-state index contributed by atoms with van der Waals surface area (Å²) in [6.07, 6.45) is 18.7. The fourth-order valence-corrected chi connectivity index (χ4v) is 9.56. The lowest BCUT2D eigenvalue weighted by molar-refractivity contribution is -0.199. The highest BCUT2D eigenvalue weighted by Crippen LogP contribution is 2.66. The Morgan fingerprint density at radius 3 is 2.63 bits per heavy atom. The van der Waals surface area contributed by atoms with Crippen LogP contribution in [0.2, 0.25) is 5.82 Å². The molecule has 7 rings (SSSR count). The molecule has 49 heavy (non-hydrogen) atoms. The average molecular weight is 676 g/mol. The first kappa shape index (κ1) is 36.0. The smallest absolute Gasteiger partial charge is 0.444 e. The summed E-state index contributed by atoms with van der Waals surface area (Å²) < 4.78 is 19.5. The highest BCUT2D eigenvalue weighted by Gasteiger charge is 2.68. The normalized spacial score (nSPS) is 31.6. The molecule has 268 valence electrons. The Morgan fingerprint density at radius 1 is 1.08 bits per heavy atom. The van der Waals surface area contributed by atoms with Crippen molar-refractivity contribution in [2.75, 3.05) is 26.2 Å². The van der Waals surface area contributed by atoms with E-state index < -0.39 is 12.1 Å². The molecule has 7 atom stereocenters. The molecule has 5 fully saturated rings. The standard InChI is InChI=1S/C39H58BN3O6/c1-6-8-10-11-12-13-18-30(40-48-34-21-29-20-33(38(29,3)4)39(34,5)49-40)23-41-36(45)32-22-31(26-43(32)35(44)19-9-7-2)47-37(46)42-24-27-16-14-15-17-28(27)25-42/h6-7,14,16,29-34H,1-2,8-13,15,17-26H2,3-5H3,(H,41,45)/t29-,30?,31-,32+,33-,34?,39-/m1/s1. The number of hydrogen-bond acceptors (Lipinski definition) is 6. The molecule has 3 heterocycles. The van der Waals surface area contributed by atoms with Gasteiger partial charge in [0.1, 0.15) is 12.1 Å². The van der Waals surface area contributed by atoms with Gasteiger partial charge in [0.2, 0.25) is 11.8 Å². The lowest BCUT2D eigenvalue weighted by Gasteiger charge is -2.64. The van der Waals surface area contributed by atoms with Crippen LogP contribution in [0.4, 0.5) is 4.79 Å². The van der Waals surface area contributed by atoms with E-state index in [0.29, 0.717) is 37.9 Å². The van der Waals surface area contributed by atoms with E-state index in [1.54, 1.807) is 15.9 Å². The summed E-state index contributed by atoms with van der Waals surface area (Å²) in [5.74, 6) is 0.788. The second-order valence-electron chi connectivity index (χ2n) is 16.2. The van der Waals surface area contributed by atoms with Crippen LogP contribution in [0.25, 0.3) is 0 Å². The van der Waals surface area contributed by atoms with Crippen LogP contribution in [0.5, 0.6) is 0 Å². The fourth-order valence-electron chi connectivity index (χ4n) is 9.56. The van der Waals surface area contributed by atoms with Gasteiger partial charge in [-0.05, 0) is 80.3 Å². The summed E-state index contributed by atoms with van der Waals surface area (Å²) in [4.78, 5) is 43.8. The van der Waals surface area contributed by atoms with E-state index in [-0.39, 0.29) is 67.3 Å². The number of nitrogens with zero attached hydrogens (tertiary/aromatic N) is 2. The van der Waals surface area contributed by atoms with Gasteiger partial charge in [-0.25, -0.2) is 4.79 Å². The maximum Gasteiger partial charge on any atom is 0.462 e. The van der Waals surface area contributed by atoms with E-state index >= 15 is 0 Å². The van der Waals surface area contributed by atoms with Gasteiger partial charge in [0.25, 0.3) is 0 Å². The topological polar surface area (TPSA) is 97.4 Å². The van der Waals surface area contributed by atoms with Crippen LogP contribution >= 0.6 is 0 Å². The summed E-state index contributed by atoms with van der Waals surface area (Å²) in [5, 5.41) is 3.21. The van der Waals surface area contributed by atoms with Crippen LogP contribution in [0, 0.1) is 17.3 Å². The molecule has 0 aromatic rings. The van der Waals surface area contributed by atoms with Gasteiger partial charge in [0.05, 0.1) is 18.2 Å². The van der Waals surface area contributed by atoms with Crippen molar-refractivity contribution in [1.82, 2.24) is 15.1 Å². The SMILES string of the molecule is C=CCCCCCCC(CNC(=O)[C@@H]1C[C@@H](OC(=O)N2CC3=C(CCC=C3)C2)CN1C(=O)CCC=C)B1OC2C[C@H]3C[C@H](C3(C)C)[C@@]2(C)O1. The number of ether oxygens (including phenoxy) is 1. The Kier molecular flexibility index (Phi) is 11.1. The molecule has 3 aliphatic heterocycles. The number of unbranched alkanes of at least 4 members (excludes halogenated alkanes) is 4. The van der Waals surface area contributed by atoms with Crippen LogP contribution in [0.3, 0.4) is 0 Å². The van der Waals surface area contributed by atoms with Crippen molar-refractivity contribution in [3.05, 3.63) is 48.6 Å². The molecule has 10 heteroatoms. The quantitative estimate of drug-likeness (QED) is 0.117. The lowest BCUT2D eigenvalue weighted by Crippen LogP contribution is -2.65. The monoisotopic (exact) mass is 675 g/mol. The van der Waals surface area contributed by atoms with Crippen molar-refractivity contribution >= 4 is 25.0 Å². The van der Waals surface area contributed by atoms with Crippen LogP contribution in [0.1, 0.15) is 104 Å². The molecule has 0 radical (unpaired) electrons. The van der Waals surface area contributed by atoms with Gasteiger partial charge in [-0.3, -0.25) is 14.5 Å². The van der Waals surface area contributed by atoms with Crippen molar-refractivity contribution in [3.8, 4) is 0 Å². The van der Waals surface area contributed by atoms with E-state index in [9.17, 15) is 14.4 Å². The Labute approximate surface area is 294 Å². The fraction of sp³-hybridized carbons (Fsp3) is 0.718. The Balaban J connectivity index is 1.09. The van der Waals surface area contributed by atoms with Gasteiger partial charge in [-0.1, -0.05) is 63.8 Å². The Hall–Kier alpha value is -2.85. The first-order valence-electron chi connectivity index (χ1n) is 19.0. The molecule has 0 spiro atoms. The number of nitrogens with one attached hydrogen (secondary N) is 1. The number of amides is 3. The van der Waals surface area contributed by atoms with Crippen LogP contribution in [-0.4, -0.2) is 84.9 Å². The summed E-state index contributed by atoms with van der Waals surface area (Å²) in [7, 11) is -0.379. The maximum atomic E-state index is 13.9. The van der Waals surface area contributed by atoms with E-state index in [1.807, 2.05) is 6.08 Å². The van der Waals surface area contributed by atoms with E-state index in [4.69, 9.17) is 14.0 Å². The van der Waals surface area contributed by atoms with E-state index in [2.05, 4.69) is 51.4 Å². The molecule has 9 nitrogen and oxygen atoms in total. The summed E-state index contributed by atoms with van der Waals surface area (Å²) >= 11 is 0. The van der Waals surface area contributed by atoms with E-state index in [1.165, 1.54) is 17.6 Å². The molecule has 0 aromatic heterocycles. The number of rotatable bonds is 15. The van der Waals surface area contributed by atoms with Gasteiger partial charge in [-0.2, -0.15) is 0 Å². The van der Waals surface area contributed by atoms with Crippen molar-refractivity contribution in [2.24, 2.45) is 17.3 Å². The van der Waals surface area contributed by atoms with Gasteiger partial charge in [-0.15, -0.1) is 13.2 Å². The number of carbonyl (C=O) groups is 3. The maximum absolute atomic E-state index is 13.9. The molecule has 7 aliphatic rings. The first-order valence-corrected chi connectivity index (χ1v) is 19.0. The van der Waals surface area contributed by atoms with Gasteiger partial charge in [0, 0.05) is 38.3 Å². The third kappa shape index (κ3) is 7.46. The van der Waals surface area contributed by atoms with Gasteiger partial charge >= 0.3 is 13.2 Å². The molecule has 3 amide bonds.